The van der Waals surface area contributed by atoms with Crippen molar-refractivity contribution < 1.29 is 19.1 Å². The molecule has 5 aromatic carbocycles. The topological polar surface area (TPSA) is 79.0 Å². The second-order valence-electron chi connectivity index (χ2n) is 13.0. The van der Waals surface area contributed by atoms with E-state index in [-0.39, 0.29) is 24.0 Å². The van der Waals surface area contributed by atoms with Crippen LogP contribution in [0.2, 0.25) is 10.0 Å². The van der Waals surface area contributed by atoms with E-state index in [2.05, 4.69) is 34.5 Å². The summed E-state index contributed by atoms with van der Waals surface area (Å²) < 4.78 is 6.10. The van der Waals surface area contributed by atoms with Crippen LogP contribution < -0.4 is 19.9 Å². The molecule has 8 rings (SSSR count). The van der Waals surface area contributed by atoms with Gasteiger partial charge in [-0.3, -0.25) is 14.9 Å². The summed E-state index contributed by atoms with van der Waals surface area (Å²) in [4.78, 5) is 44.9. The van der Waals surface area contributed by atoms with Crippen molar-refractivity contribution in [2.45, 2.75) is 31.3 Å². The lowest BCUT2D eigenvalue weighted by molar-refractivity contribution is -0.122. The molecule has 3 heterocycles. The number of ether oxygens (including phenoxy) is 1. The van der Waals surface area contributed by atoms with Gasteiger partial charge in [-0.25, -0.2) is 9.69 Å². The fourth-order valence-corrected chi connectivity index (χ4v) is 7.83. The molecule has 3 aliphatic rings. The Balaban J connectivity index is 1.21. The zero-order valence-corrected chi connectivity index (χ0v) is 29.0. The SMILES string of the molecule is O=C1NC(=O)N(c2cc3c4c(c2)[C@H](c2ccccc2)CCN4CC[C@@H]3c2ccccc2)C(=O)/C1=C/c1cc(Cl)ccc1OCc1ccc(Cl)cc1. The number of hydrogen-bond donors (Lipinski definition) is 1. The van der Waals surface area contributed by atoms with Crippen LogP contribution in [0.4, 0.5) is 16.2 Å². The molecule has 51 heavy (non-hydrogen) atoms. The number of nitrogens with zero attached hydrogens (tertiary/aromatic N) is 2. The quantitative estimate of drug-likeness (QED) is 0.134. The van der Waals surface area contributed by atoms with E-state index < -0.39 is 17.8 Å². The number of carbonyl (C=O) groups excluding carboxylic acids is 3. The lowest BCUT2D eigenvalue weighted by Gasteiger charge is -2.44. The van der Waals surface area contributed by atoms with Gasteiger partial charge in [-0.15, -0.1) is 0 Å². The second-order valence-corrected chi connectivity index (χ2v) is 13.9. The minimum Gasteiger partial charge on any atom is -0.488 e. The fourth-order valence-electron chi connectivity index (χ4n) is 7.52. The van der Waals surface area contributed by atoms with Gasteiger partial charge in [-0.05, 0) is 89.2 Å². The average Bonchev–Trinajstić information content (AvgIpc) is 3.14. The van der Waals surface area contributed by atoms with Crippen molar-refractivity contribution in [3.05, 3.63) is 164 Å². The van der Waals surface area contributed by atoms with Crippen LogP contribution in [0.15, 0.2) is 121 Å². The number of hydrogen-bond acceptors (Lipinski definition) is 5. The van der Waals surface area contributed by atoms with Crippen molar-refractivity contribution in [3.63, 3.8) is 0 Å². The molecule has 2 atom stereocenters. The van der Waals surface area contributed by atoms with E-state index in [1.807, 2.05) is 60.7 Å². The standard InChI is InChI=1S/C42H33Cl2N3O4/c43-30-13-11-26(12-14-30)25-51-38-16-15-31(44)21-29(38)22-37-40(48)45-42(50)47(41(37)49)32-23-35-33(27-7-3-1-4-8-27)17-19-46-20-18-34(36(24-32)39(35)46)28-9-5-2-6-10-28/h1-16,21-24,33-34H,17-20,25H2,(H,45,48,50)/b37-22+/t33-,34+. The predicted octanol–water partition coefficient (Wildman–Crippen LogP) is 9.12. The highest BCUT2D eigenvalue weighted by Crippen LogP contribution is 2.50. The number of urea groups is 1. The second kappa shape index (κ2) is 13.7. The van der Waals surface area contributed by atoms with Crippen LogP contribution in [0.5, 0.6) is 5.75 Å². The number of nitrogens with one attached hydrogen (secondary N) is 1. The molecule has 0 bridgehead atoms. The first kappa shape index (κ1) is 32.8. The number of benzene rings is 5. The molecule has 5 aromatic rings. The highest BCUT2D eigenvalue weighted by atomic mass is 35.5. The molecule has 4 amide bonds. The Morgan fingerprint density at radius 2 is 1.31 bits per heavy atom. The van der Waals surface area contributed by atoms with Crippen LogP contribution in [0.25, 0.3) is 6.08 Å². The van der Waals surface area contributed by atoms with Gasteiger partial charge in [0.15, 0.2) is 0 Å². The summed E-state index contributed by atoms with van der Waals surface area (Å²) in [6.45, 7) is 2.04. The van der Waals surface area contributed by atoms with Crippen LogP contribution in [0.3, 0.4) is 0 Å². The predicted molar refractivity (Wildman–Crippen MR) is 201 cm³/mol. The number of rotatable bonds is 7. The number of amides is 4. The molecule has 1 N–H and O–H groups in total. The van der Waals surface area contributed by atoms with Crippen LogP contribution in [0.1, 0.15) is 58.1 Å². The minimum atomic E-state index is -0.796. The summed E-state index contributed by atoms with van der Waals surface area (Å²) in [5.74, 6) is -0.968. The maximum absolute atomic E-state index is 14.4. The molecule has 0 unspecified atom stereocenters. The highest BCUT2D eigenvalue weighted by Gasteiger charge is 2.40. The fraction of sp³-hybridized carbons (Fsp3) is 0.167. The molecular formula is C42H33Cl2N3O4. The number of barbiturate groups is 1. The average molecular weight is 715 g/mol. The number of anilines is 2. The minimum absolute atomic E-state index is 0.0667. The first-order chi connectivity index (χ1) is 24.8. The molecular weight excluding hydrogens is 681 g/mol. The van der Waals surface area contributed by atoms with Gasteiger partial charge in [-0.2, -0.15) is 0 Å². The molecule has 3 aliphatic heterocycles. The van der Waals surface area contributed by atoms with E-state index in [4.69, 9.17) is 27.9 Å². The lowest BCUT2D eigenvalue weighted by Crippen LogP contribution is -2.54. The molecule has 7 nitrogen and oxygen atoms in total. The molecule has 254 valence electrons. The first-order valence-corrected chi connectivity index (χ1v) is 17.7. The van der Waals surface area contributed by atoms with Gasteiger partial charge in [0, 0.05) is 46.2 Å². The van der Waals surface area contributed by atoms with Crippen molar-refractivity contribution in [1.82, 2.24) is 5.32 Å². The molecule has 0 aromatic heterocycles. The van der Waals surface area contributed by atoms with E-state index in [0.717, 1.165) is 53.2 Å². The van der Waals surface area contributed by atoms with Gasteiger partial charge in [0.2, 0.25) is 0 Å². The summed E-state index contributed by atoms with van der Waals surface area (Å²) in [7, 11) is 0. The van der Waals surface area contributed by atoms with E-state index in [1.54, 1.807) is 30.3 Å². The Kier molecular flexibility index (Phi) is 8.84. The van der Waals surface area contributed by atoms with Crippen molar-refractivity contribution in [1.29, 1.82) is 0 Å². The van der Waals surface area contributed by atoms with E-state index in [0.29, 0.717) is 27.0 Å². The molecule has 9 heteroatoms. The molecule has 1 fully saturated rings. The zero-order valence-electron chi connectivity index (χ0n) is 27.5. The maximum Gasteiger partial charge on any atom is 0.335 e. The molecule has 0 aliphatic carbocycles. The monoisotopic (exact) mass is 713 g/mol. The van der Waals surface area contributed by atoms with Crippen LogP contribution in [-0.4, -0.2) is 30.9 Å². The highest BCUT2D eigenvalue weighted by molar-refractivity contribution is 6.39. The van der Waals surface area contributed by atoms with Crippen molar-refractivity contribution in [2.75, 3.05) is 22.9 Å². The van der Waals surface area contributed by atoms with Crippen LogP contribution in [-0.2, 0) is 16.2 Å². The third-order valence-corrected chi connectivity index (χ3v) is 10.4. The first-order valence-electron chi connectivity index (χ1n) is 16.9. The largest absolute Gasteiger partial charge is 0.488 e. The molecule has 1 saturated heterocycles. The van der Waals surface area contributed by atoms with Gasteiger partial charge in [-0.1, -0.05) is 96.0 Å². The smallest absolute Gasteiger partial charge is 0.335 e. The third-order valence-electron chi connectivity index (χ3n) is 9.94. The zero-order chi connectivity index (χ0) is 35.1. The summed E-state index contributed by atoms with van der Waals surface area (Å²) in [5.41, 5.74) is 7.17. The molecule has 0 saturated carbocycles. The summed E-state index contributed by atoms with van der Waals surface area (Å²) in [6.07, 6.45) is 3.23. The Bertz CT molecular complexity index is 2120. The number of imide groups is 2. The Morgan fingerprint density at radius 1 is 0.725 bits per heavy atom. The van der Waals surface area contributed by atoms with Gasteiger partial charge in [0.05, 0.1) is 5.69 Å². The number of carbonyl (C=O) groups is 3. The van der Waals surface area contributed by atoms with Gasteiger partial charge >= 0.3 is 6.03 Å². The summed E-state index contributed by atoms with van der Waals surface area (Å²) >= 11 is 12.4. The van der Waals surface area contributed by atoms with E-state index in [9.17, 15) is 14.4 Å². The van der Waals surface area contributed by atoms with Crippen molar-refractivity contribution in [3.8, 4) is 5.75 Å². The summed E-state index contributed by atoms with van der Waals surface area (Å²) in [6, 6.07) is 36.1. The van der Waals surface area contributed by atoms with E-state index >= 15 is 0 Å². The maximum atomic E-state index is 14.4. The molecule has 0 radical (unpaired) electrons. The summed E-state index contributed by atoms with van der Waals surface area (Å²) in [5, 5.41) is 3.43. The van der Waals surface area contributed by atoms with Crippen LogP contribution >= 0.6 is 23.2 Å². The number of halogens is 2. The normalized spacial score (nSPS) is 19.2. The third kappa shape index (κ3) is 6.39. The van der Waals surface area contributed by atoms with Crippen LogP contribution in [0, 0.1) is 0 Å². The van der Waals surface area contributed by atoms with Gasteiger partial charge in [0.25, 0.3) is 11.8 Å². The van der Waals surface area contributed by atoms with Crippen molar-refractivity contribution in [2.24, 2.45) is 0 Å². The van der Waals surface area contributed by atoms with Gasteiger partial charge in [0.1, 0.15) is 17.9 Å². The lowest BCUT2D eigenvalue weighted by atomic mass is 9.76. The molecule has 0 spiro atoms. The van der Waals surface area contributed by atoms with Gasteiger partial charge < -0.3 is 9.64 Å². The Hall–Kier alpha value is -5.37. The Labute approximate surface area is 306 Å². The van der Waals surface area contributed by atoms with E-state index in [1.165, 1.54) is 17.2 Å². The van der Waals surface area contributed by atoms with Crippen molar-refractivity contribution >= 4 is 58.5 Å². The Morgan fingerprint density at radius 3 is 1.92 bits per heavy atom.